The Morgan fingerprint density at radius 3 is 1.75 bits per heavy atom. The van der Waals surface area contributed by atoms with Gasteiger partial charge in [0.1, 0.15) is 41.3 Å². The van der Waals surface area contributed by atoms with Crippen molar-refractivity contribution in [1.29, 1.82) is 0 Å². The van der Waals surface area contributed by atoms with Crippen molar-refractivity contribution in [2.45, 2.75) is 40.5 Å². The zero-order valence-electron chi connectivity index (χ0n) is 30.0. The van der Waals surface area contributed by atoms with Gasteiger partial charge in [-0.15, -0.1) is 0 Å². The third-order valence-electron chi connectivity index (χ3n) is 9.47. The van der Waals surface area contributed by atoms with Crippen molar-refractivity contribution in [2.75, 3.05) is 99.9 Å². The Morgan fingerprint density at radius 2 is 1.23 bits per heavy atom. The van der Waals surface area contributed by atoms with Gasteiger partial charge in [0.15, 0.2) is 11.5 Å². The number of likely N-dealkylation sites (N-methyl/N-ethyl adjacent to an activating group) is 2. The molecule has 2 aromatic carbocycles. The maximum absolute atomic E-state index is 14.4. The zero-order valence-corrected chi connectivity index (χ0v) is 30.0. The Morgan fingerprint density at radius 1 is 0.750 bits per heavy atom. The summed E-state index contributed by atoms with van der Waals surface area (Å²) in [5.41, 5.74) is 3.85. The van der Waals surface area contributed by atoms with Crippen LogP contribution in [-0.2, 0) is 12.8 Å². The SMILES string of the molecule is COc1c(OCCN2CCN(C)CC2)cc2oc3cc(OCCN4CCN(C)CC4)c(CC=C(C)C)c(O)c3c(=O)c2c1CC=C(C)C. The lowest BCUT2D eigenvalue weighted by Crippen LogP contribution is -2.45. The summed E-state index contributed by atoms with van der Waals surface area (Å²) in [5.74, 6) is 1.47. The molecule has 3 heterocycles. The Bertz CT molecular complexity index is 1690. The Balaban J connectivity index is 1.56. The minimum Gasteiger partial charge on any atom is -0.507 e. The summed E-state index contributed by atoms with van der Waals surface area (Å²) in [6.45, 7) is 18.7. The number of ether oxygens (including phenoxy) is 3. The highest BCUT2D eigenvalue weighted by Crippen LogP contribution is 2.41. The predicted molar refractivity (Wildman–Crippen MR) is 193 cm³/mol. The van der Waals surface area contributed by atoms with E-state index in [1.54, 1.807) is 19.2 Å². The molecule has 3 aromatic rings. The summed E-state index contributed by atoms with van der Waals surface area (Å²) in [6.07, 6.45) is 4.98. The molecule has 2 aliphatic heterocycles. The monoisotopic (exact) mass is 662 g/mol. The normalized spacial score (nSPS) is 16.7. The number of rotatable bonds is 13. The van der Waals surface area contributed by atoms with E-state index in [1.165, 1.54) is 0 Å². The van der Waals surface area contributed by atoms with E-state index in [0.717, 1.165) is 76.6 Å². The first-order valence-electron chi connectivity index (χ1n) is 17.2. The van der Waals surface area contributed by atoms with E-state index in [-0.39, 0.29) is 22.1 Å². The molecular formula is C38H54N4O6. The largest absolute Gasteiger partial charge is 0.507 e. The molecule has 0 saturated carbocycles. The van der Waals surface area contributed by atoms with E-state index >= 15 is 0 Å². The fourth-order valence-corrected chi connectivity index (χ4v) is 6.38. The van der Waals surface area contributed by atoms with Crippen molar-refractivity contribution in [3.63, 3.8) is 0 Å². The predicted octanol–water partition coefficient (Wildman–Crippen LogP) is 4.93. The van der Waals surface area contributed by atoms with Crippen molar-refractivity contribution in [1.82, 2.24) is 19.6 Å². The average molecular weight is 663 g/mol. The molecule has 10 heteroatoms. The fourth-order valence-electron chi connectivity index (χ4n) is 6.38. The van der Waals surface area contributed by atoms with E-state index in [9.17, 15) is 9.90 Å². The fraction of sp³-hybridized carbons (Fsp3) is 0.553. The quantitative estimate of drug-likeness (QED) is 0.201. The van der Waals surface area contributed by atoms with E-state index in [4.69, 9.17) is 18.6 Å². The summed E-state index contributed by atoms with van der Waals surface area (Å²) < 4.78 is 25.1. The van der Waals surface area contributed by atoms with Crippen LogP contribution >= 0.6 is 0 Å². The summed E-state index contributed by atoms with van der Waals surface area (Å²) in [5, 5.41) is 12.3. The van der Waals surface area contributed by atoms with Crippen LogP contribution in [0, 0.1) is 0 Å². The number of hydrogen-bond donors (Lipinski definition) is 1. The molecule has 0 spiro atoms. The van der Waals surface area contributed by atoms with Crippen molar-refractivity contribution < 1.29 is 23.7 Å². The first kappa shape index (κ1) is 35.7. The van der Waals surface area contributed by atoms with Crippen LogP contribution in [0.2, 0.25) is 0 Å². The van der Waals surface area contributed by atoms with E-state index < -0.39 is 0 Å². The van der Waals surface area contributed by atoms with Gasteiger partial charge < -0.3 is 33.5 Å². The van der Waals surface area contributed by atoms with E-state index in [1.807, 2.05) is 33.8 Å². The number of nitrogens with zero attached hydrogens (tertiary/aromatic N) is 4. The van der Waals surface area contributed by atoms with Gasteiger partial charge >= 0.3 is 0 Å². The van der Waals surface area contributed by atoms with Gasteiger partial charge in [-0.25, -0.2) is 0 Å². The van der Waals surface area contributed by atoms with Crippen molar-refractivity contribution in [2.24, 2.45) is 0 Å². The molecule has 0 atom stereocenters. The summed E-state index contributed by atoms with van der Waals surface area (Å²) >= 11 is 0. The topological polar surface area (TPSA) is 91.1 Å². The van der Waals surface area contributed by atoms with Crippen LogP contribution in [0.3, 0.4) is 0 Å². The second-order valence-electron chi connectivity index (χ2n) is 13.7. The number of benzene rings is 2. The third-order valence-corrected chi connectivity index (χ3v) is 9.47. The van der Waals surface area contributed by atoms with E-state index in [0.29, 0.717) is 65.4 Å². The highest BCUT2D eigenvalue weighted by Gasteiger charge is 2.25. The Hall–Kier alpha value is -3.57. The molecule has 262 valence electrons. The number of phenolic OH excluding ortho intramolecular Hbond substituents is 1. The standard InChI is InChI=1S/C38H54N4O6/c1-26(2)8-10-28-30(46-22-20-41-16-12-39(5)13-17-41)24-32-35(36(28)43)37(44)34-29(11-9-27(3)4)38(45-7)33(25-31(34)48-32)47-23-21-42-18-14-40(6)15-19-42/h8-9,24-25,43H,10-23H2,1-7H3. The van der Waals surface area contributed by atoms with Crippen molar-refractivity contribution >= 4 is 21.9 Å². The molecule has 1 N–H and O–H groups in total. The van der Waals surface area contributed by atoms with Gasteiger partial charge in [-0.1, -0.05) is 23.3 Å². The van der Waals surface area contributed by atoms with Crippen LogP contribution in [0.15, 0.2) is 44.6 Å². The van der Waals surface area contributed by atoms with Crippen LogP contribution < -0.4 is 19.6 Å². The molecular weight excluding hydrogens is 608 g/mol. The number of methoxy groups -OCH3 is 1. The van der Waals surface area contributed by atoms with Gasteiger partial charge in [0, 0.05) is 88.7 Å². The van der Waals surface area contributed by atoms with Crippen LogP contribution in [-0.4, -0.2) is 125 Å². The minimum absolute atomic E-state index is 0.102. The van der Waals surface area contributed by atoms with E-state index in [2.05, 4.69) is 39.8 Å². The summed E-state index contributed by atoms with van der Waals surface area (Å²) in [6, 6.07) is 3.52. The lowest BCUT2D eigenvalue weighted by atomic mass is 9.98. The molecule has 10 nitrogen and oxygen atoms in total. The molecule has 0 bridgehead atoms. The lowest BCUT2D eigenvalue weighted by molar-refractivity contribution is 0.133. The molecule has 48 heavy (non-hydrogen) atoms. The number of piperazine rings is 2. The molecule has 0 aliphatic carbocycles. The van der Waals surface area contributed by atoms with Crippen LogP contribution in [0.4, 0.5) is 0 Å². The van der Waals surface area contributed by atoms with Gasteiger partial charge in [-0.2, -0.15) is 0 Å². The number of aromatic hydroxyl groups is 1. The van der Waals surface area contributed by atoms with Crippen molar-refractivity contribution in [3.05, 3.63) is 56.8 Å². The first-order chi connectivity index (χ1) is 23.0. The smallest absolute Gasteiger partial charge is 0.204 e. The Kier molecular flexibility index (Phi) is 12.1. The maximum atomic E-state index is 14.4. The number of hydrogen-bond acceptors (Lipinski definition) is 10. The first-order valence-corrected chi connectivity index (χ1v) is 17.2. The molecule has 0 radical (unpaired) electrons. The summed E-state index contributed by atoms with van der Waals surface area (Å²) in [7, 11) is 5.89. The van der Waals surface area contributed by atoms with Crippen LogP contribution in [0.5, 0.6) is 23.0 Å². The lowest BCUT2D eigenvalue weighted by Gasteiger charge is -2.32. The van der Waals surface area contributed by atoms with Gasteiger partial charge in [0.2, 0.25) is 5.43 Å². The number of fused-ring (bicyclic) bond motifs is 2. The summed E-state index contributed by atoms with van der Waals surface area (Å²) in [4.78, 5) is 23.9. The van der Waals surface area contributed by atoms with Crippen LogP contribution in [0.25, 0.3) is 21.9 Å². The zero-order chi connectivity index (χ0) is 34.4. The van der Waals surface area contributed by atoms with Gasteiger partial charge in [0.05, 0.1) is 12.5 Å². The van der Waals surface area contributed by atoms with Gasteiger partial charge in [-0.3, -0.25) is 14.6 Å². The highest BCUT2D eigenvalue weighted by molar-refractivity contribution is 5.98. The number of allylic oxidation sites excluding steroid dienone is 4. The van der Waals surface area contributed by atoms with Gasteiger partial charge in [0.25, 0.3) is 0 Å². The van der Waals surface area contributed by atoms with Gasteiger partial charge in [-0.05, 0) is 54.6 Å². The molecule has 2 aliphatic rings. The molecule has 0 unspecified atom stereocenters. The van der Waals surface area contributed by atoms with Crippen molar-refractivity contribution in [3.8, 4) is 23.0 Å². The second kappa shape index (κ2) is 16.2. The molecule has 0 amide bonds. The molecule has 1 aromatic heterocycles. The highest BCUT2D eigenvalue weighted by atomic mass is 16.5. The molecule has 5 rings (SSSR count). The number of phenols is 1. The maximum Gasteiger partial charge on any atom is 0.204 e. The Labute approximate surface area is 285 Å². The average Bonchev–Trinajstić information content (AvgIpc) is 3.04. The van der Waals surface area contributed by atoms with Crippen LogP contribution in [0.1, 0.15) is 38.8 Å². The molecule has 2 saturated heterocycles. The second-order valence-corrected chi connectivity index (χ2v) is 13.7. The minimum atomic E-state index is -0.300. The molecule has 2 fully saturated rings. The third kappa shape index (κ3) is 8.52.